The molecule has 2 aromatic rings. The van der Waals surface area contributed by atoms with E-state index in [-0.39, 0.29) is 11.1 Å². The molecule has 0 atom stereocenters. The van der Waals surface area contributed by atoms with Crippen LogP contribution >= 0.6 is 0 Å². The fourth-order valence-electron chi connectivity index (χ4n) is 1.06. The molecule has 0 fully saturated rings. The molecular weight excluding hydrogens is 197 g/mol. The van der Waals surface area contributed by atoms with E-state index < -0.39 is 12.1 Å². The lowest BCUT2D eigenvalue weighted by molar-refractivity contribution is -0.156. The second kappa shape index (κ2) is 2.63. The average molecular weight is 202 g/mol. The maximum absolute atomic E-state index is 12.1. The Labute approximate surface area is 76.3 Å². The highest BCUT2D eigenvalue weighted by Crippen LogP contribution is 2.31. The van der Waals surface area contributed by atoms with Gasteiger partial charge in [-0.3, -0.25) is 0 Å². The number of hydrogen-bond donors (Lipinski definition) is 1. The van der Waals surface area contributed by atoms with Gasteiger partial charge in [-0.15, -0.1) is 0 Å². The number of nitrogens with zero attached hydrogens (tertiary/aromatic N) is 1. The van der Waals surface area contributed by atoms with Gasteiger partial charge in [0.05, 0.1) is 0 Å². The lowest BCUT2D eigenvalue weighted by Crippen LogP contribution is -2.04. The van der Waals surface area contributed by atoms with E-state index in [0.29, 0.717) is 5.69 Å². The van der Waals surface area contributed by atoms with E-state index in [0.717, 1.165) is 0 Å². The van der Waals surface area contributed by atoms with Gasteiger partial charge in [-0.25, -0.2) is 4.98 Å². The molecule has 1 aromatic carbocycles. The molecule has 0 saturated carbocycles. The normalized spacial score (nSPS) is 12.2. The molecule has 6 heteroatoms. The van der Waals surface area contributed by atoms with Crippen molar-refractivity contribution in [1.29, 1.82) is 0 Å². The summed E-state index contributed by atoms with van der Waals surface area (Å²) in [4.78, 5) is 3.28. The smallest absolute Gasteiger partial charge is 0.433 e. The molecule has 1 heterocycles. The standard InChI is InChI=1S/C8H5F3N2O/c9-8(10,11)7-13-5-2-1-4(12)3-6(5)14-7/h1-3H,12H2. The van der Waals surface area contributed by atoms with Crippen molar-refractivity contribution in [1.82, 2.24) is 4.98 Å². The van der Waals surface area contributed by atoms with Crippen LogP contribution in [0, 0.1) is 0 Å². The number of rotatable bonds is 0. The molecular formula is C8H5F3N2O. The van der Waals surface area contributed by atoms with Crippen LogP contribution in [0.1, 0.15) is 5.89 Å². The van der Waals surface area contributed by atoms with E-state index in [1.165, 1.54) is 18.2 Å². The molecule has 0 bridgehead atoms. The molecule has 0 spiro atoms. The SMILES string of the molecule is Nc1ccc2nc(C(F)(F)F)oc2c1. The van der Waals surface area contributed by atoms with Gasteiger partial charge in [0.15, 0.2) is 5.58 Å². The van der Waals surface area contributed by atoms with Crippen molar-refractivity contribution in [3.63, 3.8) is 0 Å². The number of aromatic nitrogens is 1. The molecule has 2 rings (SSSR count). The van der Waals surface area contributed by atoms with Gasteiger partial charge in [-0.05, 0) is 12.1 Å². The number of hydrogen-bond acceptors (Lipinski definition) is 3. The number of alkyl halides is 3. The summed E-state index contributed by atoms with van der Waals surface area (Å²) in [6, 6.07) is 4.14. The van der Waals surface area contributed by atoms with E-state index in [1.807, 2.05) is 0 Å². The number of halogens is 3. The number of anilines is 1. The highest BCUT2D eigenvalue weighted by molar-refractivity contribution is 5.76. The molecule has 0 radical (unpaired) electrons. The molecule has 0 unspecified atom stereocenters. The largest absolute Gasteiger partial charge is 0.468 e. The van der Waals surface area contributed by atoms with Gasteiger partial charge >= 0.3 is 12.1 Å². The Hall–Kier alpha value is -1.72. The number of oxazole rings is 1. The number of benzene rings is 1. The zero-order chi connectivity index (χ0) is 10.3. The van der Waals surface area contributed by atoms with Crippen LogP contribution < -0.4 is 5.73 Å². The third kappa shape index (κ3) is 1.39. The van der Waals surface area contributed by atoms with E-state index >= 15 is 0 Å². The number of nitrogens with two attached hydrogens (primary N) is 1. The van der Waals surface area contributed by atoms with E-state index in [4.69, 9.17) is 5.73 Å². The predicted octanol–water partition coefficient (Wildman–Crippen LogP) is 2.43. The van der Waals surface area contributed by atoms with Crippen molar-refractivity contribution < 1.29 is 17.6 Å². The van der Waals surface area contributed by atoms with Crippen molar-refractivity contribution in [2.45, 2.75) is 6.18 Å². The van der Waals surface area contributed by atoms with Crippen molar-refractivity contribution >= 4 is 16.8 Å². The molecule has 1 aromatic heterocycles. The Bertz CT molecular complexity index is 475. The average Bonchev–Trinajstić information content (AvgIpc) is 2.45. The highest BCUT2D eigenvalue weighted by Gasteiger charge is 2.37. The van der Waals surface area contributed by atoms with Crippen LogP contribution in [0.25, 0.3) is 11.1 Å². The first-order valence-electron chi connectivity index (χ1n) is 3.70. The quantitative estimate of drug-likeness (QED) is 0.667. The topological polar surface area (TPSA) is 52.0 Å². The van der Waals surface area contributed by atoms with E-state index in [9.17, 15) is 13.2 Å². The van der Waals surface area contributed by atoms with Crippen molar-refractivity contribution in [3.8, 4) is 0 Å². The van der Waals surface area contributed by atoms with Crippen LogP contribution in [-0.4, -0.2) is 4.98 Å². The lowest BCUT2D eigenvalue weighted by atomic mass is 10.3. The summed E-state index contributed by atoms with van der Waals surface area (Å²) in [5.41, 5.74) is 5.89. The summed E-state index contributed by atoms with van der Waals surface area (Å²) in [5.74, 6) is -1.25. The minimum atomic E-state index is -4.56. The summed E-state index contributed by atoms with van der Waals surface area (Å²) in [6.07, 6.45) is -4.56. The molecule has 3 nitrogen and oxygen atoms in total. The molecule has 0 aliphatic heterocycles. The number of fused-ring (bicyclic) bond motifs is 1. The summed E-state index contributed by atoms with van der Waals surface area (Å²) in [7, 11) is 0. The second-order valence-corrected chi connectivity index (χ2v) is 2.74. The van der Waals surface area contributed by atoms with Crippen LogP contribution in [-0.2, 0) is 6.18 Å². The third-order valence-corrected chi connectivity index (χ3v) is 1.65. The maximum atomic E-state index is 12.1. The summed E-state index contributed by atoms with van der Waals surface area (Å²) in [5, 5.41) is 0. The maximum Gasteiger partial charge on any atom is 0.468 e. The van der Waals surface area contributed by atoms with Crippen molar-refractivity contribution in [2.24, 2.45) is 0 Å². The fraction of sp³-hybridized carbons (Fsp3) is 0.125. The Kier molecular flexibility index (Phi) is 1.67. The first-order chi connectivity index (χ1) is 6.47. The third-order valence-electron chi connectivity index (χ3n) is 1.65. The zero-order valence-electron chi connectivity index (χ0n) is 6.80. The van der Waals surface area contributed by atoms with Gasteiger partial charge in [0.25, 0.3) is 0 Å². The summed E-state index contributed by atoms with van der Waals surface area (Å²) >= 11 is 0. The van der Waals surface area contributed by atoms with Crippen LogP contribution in [0.15, 0.2) is 22.6 Å². The molecule has 0 aliphatic rings. The molecule has 2 N–H and O–H groups in total. The fourth-order valence-corrected chi connectivity index (χ4v) is 1.06. The van der Waals surface area contributed by atoms with Crippen molar-refractivity contribution in [3.05, 3.63) is 24.1 Å². The second-order valence-electron chi connectivity index (χ2n) is 2.74. The Morgan fingerprint density at radius 3 is 2.64 bits per heavy atom. The summed E-state index contributed by atoms with van der Waals surface area (Å²) in [6.45, 7) is 0. The lowest BCUT2D eigenvalue weighted by Gasteiger charge is -1.97. The van der Waals surface area contributed by atoms with Gasteiger partial charge < -0.3 is 10.2 Å². The first kappa shape index (κ1) is 8.86. The van der Waals surface area contributed by atoms with Gasteiger partial charge in [0.1, 0.15) is 5.52 Å². The van der Waals surface area contributed by atoms with E-state index in [2.05, 4.69) is 9.40 Å². The Morgan fingerprint density at radius 2 is 2.00 bits per heavy atom. The Balaban J connectivity index is 2.63. The molecule has 0 aliphatic carbocycles. The van der Waals surface area contributed by atoms with E-state index in [1.54, 1.807) is 0 Å². The number of nitrogen functional groups attached to an aromatic ring is 1. The molecule has 74 valence electrons. The minimum Gasteiger partial charge on any atom is -0.433 e. The molecule has 0 amide bonds. The van der Waals surface area contributed by atoms with Gasteiger partial charge in [-0.1, -0.05) is 0 Å². The van der Waals surface area contributed by atoms with Crippen molar-refractivity contribution in [2.75, 3.05) is 5.73 Å². The predicted molar refractivity (Wildman–Crippen MR) is 43.4 cm³/mol. The van der Waals surface area contributed by atoms with Gasteiger partial charge in [0.2, 0.25) is 0 Å². The molecule has 14 heavy (non-hydrogen) atoms. The van der Waals surface area contributed by atoms with Crippen LogP contribution in [0.4, 0.5) is 18.9 Å². The molecule has 0 saturated heterocycles. The van der Waals surface area contributed by atoms with Crippen LogP contribution in [0.3, 0.4) is 0 Å². The van der Waals surface area contributed by atoms with Gasteiger partial charge in [0, 0.05) is 11.8 Å². The minimum absolute atomic E-state index is 0.0392. The summed E-state index contributed by atoms with van der Waals surface area (Å²) < 4.78 is 40.9. The first-order valence-corrected chi connectivity index (χ1v) is 3.70. The monoisotopic (exact) mass is 202 g/mol. The van der Waals surface area contributed by atoms with Gasteiger partial charge in [-0.2, -0.15) is 13.2 Å². The van der Waals surface area contributed by atoms with Crippen LogP contribution in [0.5, 0.6) is 0 Å². The van der Waals surface area contributed by atoms with Crippen LogP contribution in [0.2, 0.25) is 0 Å². The zero-order valence-corrected chi connectivity index (χ0v) is 6.80. The highest BCUT2D eigenvalue weighted by atomic mass is 19.4. The Morgan fingerprint density at radius 1 is 1.29 bits per heavy atom.